The number of nitrogens with two attached hydrogens (primary N) is 1. The van der Waals surface area contributed by atoms with Gasteiger partial charge in [0.25, 0.3) is 5.91 Å². The van der Waals surface area contributed by atoms with Crippen LogP contribution in [0.5, 0.6) is 0 Å². The predicted molar refractivity (Wildman–Crippen MR) is 65.7 cm³/mol. The van der Waals surface area contributed by atoms with Crippen LogP contribution in [0.3, 0.4) is 0 Å². The molecule has 0 aromatic carbocycles. The molecule has 104 valence electrons. The fourth-order valence-corrected chi connectivity index (χ4v) is 2.26. The molecule has 0 aromatic rings. The van der Waals surface area contributed by atoms with Gasteiger partial charge in [-0.1, -0.05) is 0 Å². The fourth-order valence-electron chi connectivity index (χ4n) is 2.26. The monoisotopic (exact) mass is 258 g/mol. The Balaban J connectivity index is 2.56. The van der Waals surface area contributed by atoms with Crippen molar-refractivity contribution in [3.8, 4) is 0 Å². The van der Waals surface area contributed by atoms with E-state index in [1.54, 1.807) is 11.8 Å². The maximum atomic E-state index is 12.1. The predicted octanol–water partition coefficient (Wildman–Crippen LogP) is -0.360. The fraction of sp³-hybridized carbons (Fsp3) is 0.833. The number of rotatable bonds is 6. The van der Waals surface area contributed by atoms with Crippen LogP contribution in [0.15, 0.2) is 0 Å². The Morgan fingerprint density at radius 3 is 2.89 bits per heavy atom. The first kappa shape index (κ1) is 14.9. The smallest absolute Gasteiger partial charge is 0.332 e. The van der Waals surface area contributed by atoms with Gasteiger partial charge in [0.1, 0.15) is 0 Å². The molecule has 3 N–H and O–H groups in total. The quantitative estimate of drug-likeness (QED) is 0.501. The molecule has 1 fully saturated rings. The second kappa shape index (κ2) is 7.33. The summed E-state index contributed by atoms with van der Waals surface area (Å²) in [5, 5.41) is 8.82. The zero-order valence-corrected chi connectivity index (χ0v) is 10.8. The lowest BCUT2D eigenvalue weighted by atomic mass is 10.1. The topological polar surface area (TPSA) is 92.9 Å². The zero-order chi connectivity index (χ0) is 13.5. The summed E-state index contributed by atoms with van der Waals surface area (Å²) in [5.41, 5.74) is 5.60. The summed E-state index contributed by atoms with van der Waals surface area (Å²) in [6.07, 6.45) is 3.22. The van der Waals surface area contributed by atoms with Crippen molar-refractivity contribution < 1.29 is 19.4 Å². The first-order valence-corrected chi connectivity index (χ1v) is 6.45. The molecule has 6 heteroatoms. The number of aliphatic hydroxyl groups excluding tert-OH is 1. The molecule has 1 amide bonds. The molecule has 1 saturated heterocycles. The van der Waals surface area contributed by atoms with E-state index in [9.17, 15) is 9.59 Å². The van der Waals surface area contributed by atoms with Crippen molar-refractivity contribution in [1.82, 2.24) is 4.90 Å². The highest BCUT2D eigenvalue weighted by Gasteiger charge is 2.34. The van der Waals surface area contributed by atoms with Gasteiger partial charge in [-0.2, -0.15) is 0 Å². The second-order valence-corrected chi connectivity index (χ2v) is 4.42. The molecule has 0 aromatic heterocycles. The summed E-state index contributed by atoms with van der Waals surface area (Å²) in [5.74, 6) is -1.04. The van der Waals surface area contributed by atoms with E-state index in [1.807, 2.05) is 0 Å². The number of carbonyl (C=O) groups excluding carboxylic acids is 2. The number of carbonyl (C=O) groups is 2. The molecule has 18 heavy (non-hydrogen) atoms. The Morgan fingerprint density at radius 2 is 2.28 bits per heavy atom. The van der Waals surface area contributed by atoms with Crippen LogP contribution in [0.2, 0.25) is 0 Å². The number of hydrogen-bond acceptors (Lipinski definition) is 5. The molecule has 1 rings (SSSR count). The van der Waals surface area contributed by atoms with Gasteiger partial charge in [-0.05, 0) is 32.6 Å². The average molecular weight is 258 g/mol. The highest BCUT2D eigenvalue weighted by atomic mass is 16.5. The molecular weight excluding hydrogens is 236 g/mol. The van der Waals surface area contributed by atoms with E-state index in [4.69, 9.17) is 15.6 Å². The van der Waals surface area contributed by atoms with Gasteiger partial charge in [0.05, 0.1) is 6.61 Å². The standard InChI is InChI=1S/C12H22N2O4/c1-2-18-12(17)10(13)11(16)14-7-3-5-9(14)6-4-8-15/h9-10,15H,2-8,13H2,1H3. The summed E-state index contributed by atoms with van der Waals surface area (Å²) >= 11 is 0. The summed E-state index contributed by atoms with van der Waals surface area (Å²) in [4.78, 5) is 25.1. The van der Waals surface area contributed by atoms with Crippen molar-refractivity contribution in [2.75, 3.05) is 19.8 Å². The molecule has 0 radical (unpaired) electrons. The zero-order valence-electron chi connectivity index (χ0n) is 10.8. The number of likely N-dealkylation sites (tertiary alicyclic amines) is 1. The highest BCUT2D eigenvalue weighted by Crippen LogP contribution is 2.22. The first-order valence-electron chi connectivity index (χ1n) is 6.45. The molecule has 6 nitrogen and oxygen atoms in total. The summed E-state index contributed by atoms with van der Waals surface area (Å²) in [6.45, 7) is 2.63. The van der Waals surface area contributed by atoms with Gasteiger partial charge in [-0.15, -0.1) is 0 Å². The molecule has 0 saturated carbocycles. The Hall–Kier alpha value is -1.14. The van der Waals surface area contributed by atoms with Crippen LogP contribution in [-0.2, 0) is 14.3 Å². The van der Waals surface area contributed by atoms with Gasteiger partial charge >= 0.3 is 5.97 Å². The first-order chi connectivity index (χ1) is 8.61. The Labute approximate surface area is 107 Å². The van der Waals surface area contributed by atoms with E-state index in [1.165, 1.54) is 0 Å². The largest absolute Gasteiger partial charge is 0.464 e. The van der Waals surface area contributed by atoms with Gasteiger partial charge in [0.15, 0.2) is 6.04 Å². The minimum Gasteiger partial charge on any atom is -0.464 e. The molecule has 1 heterocycles. The number of nitrogens with zero attached hydrogens (tertiary/aromatic N) is 1. The van der Waals surface area contributed by atoms with E-state index in [0.29, 0.717) is 13.0 Å². The van der Waals surface area contributed by atoms with E-state index < -0.39 is 12.0 Å². The summed E-state index contributed by atoms with van der Waals surface area (Å²) in [7, 11) is 0. The maximum absolute atomic E-state index is 12.1. The molecule has 0 bridgehead atoms. The van der Waals surface area contributed by atoms with Crippen molar-refractivity contribution in [1.29, 1.82) is 0 Å². The van der Waals surface area contributed by atoms with Crippen LogP contribution in [-0.4, -0.2) is 53.7 Å². The molecule has 1 aliphatic rings. The van der Waals surface area contributed by atoms with Gasteiger partial charge < -0.3 is 20.5 Å². The van der Waals surface area contributed by atoms with E-state index in [0.717, 1.165) is 19.3 Å². The van der Waals surface area contributed by atoms with Crippen molar-refractivity contribution >= 4 is 11.9 Å². The lowest BCUT2D eigenvalue weighted by Gasteiger charge is -2.26. The van der Waals surface area contributed by atoms with Gasteiger partial charge in [0.2, 0.25) is 0 Å². The van der Waals surface area contributed by atoms with E-state index in [2.05, 4.69) is 0 Å². The van der Waals surface area contributed by atoms with Crippen LogP contribution >= 0.6 is 0 Å². The van der Waals surface area contributed by atoms with Gasteiger partial charge in [-0.3, -0.25) is 4.79 Å². The van der Waals surface area contributed by atoms with Crippen molar-refractivity contribution in [2.45, 2.75) is 44.7 Å². The van der Waals surface area contributed by atoms with Crippen molar-refractivity contribution in [3.05, 3.63) is 0 Å². The van der Waals surface area contributed by atoms with Crippen LogP contribution in [0.25, 0.3) is 0 Å². The third-order valence-corrected chi connectivity index (χ3v) is 3.16. The van der Waals surface area contributed by atoms with E-state index >= 15 is 0 Å². The SMILES string of the molecule is CCOC(=O)C(N)C(=O)N1CCCC1CCCO. The Morgan fingerprint density at radius 1 is 1.56 bits per heavy atom. The van der Waals surface area contributed by atoms with Crippen LogP contribution in [0, 0.1) is 0 Å². The summed E-state index contributed by atoms with van der Waals surface area (Å²) in [6, 6.07) is -1.13. The molecule has 2 atom stereocenters. The van der Waals surface area contributed by atoms with Gasteiger partial charge in [0, 0.05) is 19.2 Å². The molecule has 1 aliphatic heterocycles. The normalized spacial score (nSPS) is 20.8. The second-order valence-electron chi connectivity index (χ2n) is 4.42. The lowest BCUT2D eigenvalue weighted by molar-refractivity contribution is -0.151. The molecule has 2 unspecified atom stereocenters. The third kappa shape index (κ3) is 3.68. The highest BCUT2D eigenvalue weighted by molar-refractivity contribution is 6.01. The van der Waals surface area contributed by atoms with Crippen LogP contribution in [0.1, 0.15) is 32.6 Å². The number of ether oxygens (including phenoxy) is 1. The number of amides is 1. The van der Waals surface area contributed by atoms with Crippen LogP contribution < -0.4 is 5.73 Å². The number of hydrogen-bond donors (Lipinski definition) is 2. The molecular formula is C12H22N2O4. The average Bonchev–Trinajstić information content (AvgIpc) is 2.83. The van der Waals surface area contributed by atoms with Crippen LogP contribution in [0.4, 0.5) is 0 Å². The van der Waals surface area contributed by atoms with Crippen molar-refractivity contribution in [3.63, 3.8) is 0 Å². The third-order valence-electron chi connectivity index (χ3n) is 3.16. The minimum atomic E-state index is -1.22. The van der Waals surface area contributed by atoms with Crippen molar-refractivity contribution in [2.24, 2.45) is 5.73 Å². The minimum absolute atomic E-state index is 0.0881. The summed E-state index contributed by atoms with van der Waals surface area (Å²) < 4.78 is 4.75. The Kier molecular flexibility index (Phi) is 6.07. The van der Waals surface area contributed by atoms with E-state index in [-0.39, 0.29) is 25.2 Å². The number of aliphatic hydroxyl groups is 1. The lowest BCUT2D eigenvalue weighted by Crippen LogP contribution is -2.50. The number of esters is 1. The Bertz CT molecular complexity index is 296. The van der Waals surface area contributed by atoms with Gasteiger partial charge in [-0.25, -0.2) is 4.79 Å². The molecule has 0 spiro atoms. The molecule has 0 aliphatic carbocycles. The maximum Gasteiger partial charge on any atom is 0.332 e.